The van der Waals surface area contributed by atoms with Crippen molar-refractivity contribution in [3.63, 3.8) is 0 Å². The van der Waals surface area contributed by atoms with Crippen LogP contribution in [-0.4, -0.2) is 41.5 Å². The number of aromatic nitrogens is 2. The van der Waals surface area contributed by atoms with Gasteiger partial charge in [0.25, 0.3) is 0 Å². The largest absolute Gasteiger partial charge is 0.464 e. The Bertz CT molecular complexity index is 544. The molecule has 2 aromatic rings. The first kappa shape index (κ1) is 16.1. The van der Waals surface area contributed by atoms with Gasteiger partial charge in [-0.15, -0.1) is 10.2 Å². The Labute approximate surface area is 134 Å². The molecule has 0 radical (unpaired) electrons. The number of rotatable bonds is 8. The molecule has 0 aromatic carbocycles. The first-order valence-corrected chi connectivity index (χ1v) is 8.20. The molecule has 0 bridgehead atoms. The minimum atomic E-state index is 0.404. The smallest absolute Gasteiger partial charge is 0.151 e. The molecule has 114 valence electrons. The van der Waals surface area contributed by atoms with E-state index in [0.29, 0.717) is 5.15 Å². The predicted molar refractivity (Wildman–Crippen MR) is 87.8 cm³/mol. The molecule has 0 aliphatic rings. The van der Waals surface area contributed by atoms with Crippen molar-refractivity contribution in [3.05, 3.63) is 40.9 Å². The monoisotopic (exact) mass is 326 g/mol. The molecule has 0 saturated carbocycles. The first-order valence-electron chi connectivity index (χ1n) is 6.66. The van der Waals surface area contributed by atoms with Gasteiger partial charge in [0.15, 0.2) is 5.15 Å². The molecule has 0 fully saturated rings. The molecular formula is C14H19ClN4OS. The van der Waals surface area contributed by atoms with Crippen LogP contribution in [0.3, 0.4) is 0 Å². The number of hydrogen-bond acceptors (Lipinski definition) is 6. The summed E-state index contributed by atoms with van der Waals surface area (Å²) in [5.74, 6) is 4.61. The van der Waals surface area contributed by atoms with Crippen molar-refractivity contribution in [2.75, 3.05) is 31.7 Å². The van der Waals surface area contributed by atoms with E-state index in [2.05, 4.69) is 20.4 Å². The van der Waals surface area contributed by atoms with E-state index in [9.17, 15) is 0 Å². The zero-order valence-corrected chi connectivity index (χ0v) is 13.7. The number of thioether (sulfide) groups is 1. The molecule has 0 aliphatic heterocycles. The molecule has 2 aromatic heterocycles. The fourth-order valence-electron chi connectivity index (χ4n) is 1.73. The van der Waals surface area contributed by atoms with Crippen molar-refractivity contribution in [2.24, 2.45) is 0 Å². The summed E-state index contributed by atoms with van der Waals surface area (Å²) in [6.45, 7) is 1.66. The predicted octanol–water partition coefficient (Wildman–Crippen LogP) is 3.13. The number of furan rings is 1. The van der Waals surface area contributed by atoms with Crippen LogP contribution in [-0.2, 0) is 12.3 Å². The van der Waals surface area contributed by atoms with E-state index in [4.69, 9.17) is 16.0 Å². The molecule has 21 heavy (non-hydrogen) atoms. The summed E-state index contributed by atoms with van der Waals surface area (Å²) in [5.41, 5.74) is 0. The van der Waals surface area contributed by atoms with Crippen molar-refractivity contribution in [1.82, 2.24) is 15.1 Å². The van der Waals surface area contributed by atoms with Gasteiger partial charge in [-0.3, -0.25) is 0 Å². The van der Waals surface area contributed by atoms with Gasteiger partial charge in [-0.1, -0.05) is 11.6 Å². The van der Waals surface area contributed by atoms with Crippen molar-refractivity contribution in [3.8, 4) is 0 Å². The lowest BCUT2D eigenvalue weighted by atomic mass is 10.4. The van der Waals surface area contributed by atoms with E-state index < -0.39 is 0 Å². The molecule has 0 amide bonds. The fraction of sp³-hybridized carbons (Fsp3) is 0.429. The first-order chi connectivity index (χ1) is 10.1. The maximum atomic E-state index is 5.75. The van der Waals surface area contributed by atoms with Crippen molar-refractivity contribution in [2.45, 2.75) is 12.3 Å². The van der Waals surface area contributed by atoms with Crippen LogP contribution in [0.25, 0.3) is 0 Å². The molecule has 2 heterocycles. The van der Waals surface area contributed by atoms with Gasteiger partial charge in [0.05, 0.1) is 12.3 Å². The Morgan fingerprint density at radius 3 is 2.71 bits per heavy atom. The molecule has 0 aliphatic carbocycles. The Morgan fingerprint density at radius 2 is 2.00 bits per heavy atom. The van der Waals surface area contributed by atoms with Crippen LogP contribution in [0.5, 0.6) is 0 Å². The number of anilines is 1. The summed E-state index contributed by atoms with van der Waals surface area (Å²) in [6.07, 6.45) is 0. The zero-order chi connectivity index (χ0) is 15.1. The van der Waals surface area contributed by atoms with Gasteiger partial charge in [-0.2, -0.15) is 11.8 Å². The lowest BCUT2D eigenvalue weighted by molar-refractivity contribution is 0.344. The fourth-order valence-corrected chi connectivity index (χ4v) is 2.58. The van der Waals surface area contributed by atoms with Gasteiger partial charge in [0.2, 0.25) is 0 Å². The quantitative estimate of drug-likeness (QED) is 0.752. The van der Waals surface area contributed by atoms with Crippen LogP contribution in [0.1, 0.15) is 11.5 Å². The second-order valence-electron chi connectivity index (χ2n) is 4.83. The summed E-state index contributed by atoms with van der Waals surface area (Å²) in [6, 6.07) is 7.63. The average molecular weight is 327 g/mol. The van der Waals surface area contributed by atoms with Crippen LogP contribution < -0.4 is 5.32 Å². The molecule has 0 spiro atoms. The molecule has 1 N–H and O–H groups in total. The van der Waals surface area contributed by atoms with Gasteiger partial charge in [-0.05, 0) is 38.4 Å². The highest BCUT2D eigenvalue weighted by atomic mass is 35.5. The van der Waals surface area contributed by atoms with Gasteiger partial charge in [0, 0.05) is 12.3 Å². The lowest BCUT2D eigenvalue weighted by Crippen LogP contribution is -2.09. The SMILES string of the molecule is CN(C)Cc1ccc(CSCCNc2ccc(Cl)nn2)o1. The van der Waals surface area contributed by atoms with E-state index >= 15 is 0 Å². The van der Waals surface area contributed by atoms with E-state index in [1.165, 1.54) is 0 Å². The van der Waals surface area contributed by atoms with E-state index in [1.807, 2.05) is 44.1 Å². The van der Waals surface area contributed by atoms with Gasteiger partial charge in [-0.25, -0.2) is 0 Å². The molecule has 2 rings (SSSR count). The van der Waals surface area contributed by atoms with Crippen LogP contribution in [0, 0.1) is 0 Å². The molecule has 7 heteroatoms. The van der Waals surface area contributed by atoms with Crippen molar-refractivity contribution < 1.29 is 4.42 Å². The second kappa shape index (κ2) is 8.26. The van der Waals surface area contributed by atoms with Crippen LogP contribution in [0.4, 0.5) is 5.82 Å². The van der Waals surface area contributed by atoms with Crippen molar-refractivity contribution in [1.29, 1.82) is 0 Å². The standard InChI is InChI=1S/C14H19ClN4OS/c1-19(2)9-11-3-4-12(20-11)10-21-8-7-16-14-6-5-13(15)17-18-14/h3-6H,7-10H2,1-2H3,(H,16,18). The van der Waals surface area contributed by atoms with Crippen molar-refractivity contribution >= 4 is 29.2 Å². The molecule has 0 atom stereocenters. The van der Waals surface area contributed by atoms with E-state index in [1.54, 1.807) is 6.07 Å². The Hall–Kier alpha value is -1.24. The third-order valence-corrected chi connectivity index (χ3v) is 3.80. The maximum absolute atomic E-state index is 5.75. The van der Waals surface area contributed by atoms with E-state index in [0.717, 1.165) is 41.9 Å². The third-order valence-electron chi connectivity index (χ3n) is 2.62. The number of nitrogens with one attached hydrogen (secondary N) is 1. The second-order valence-corrected chi connectivity index (χ2v) is 6.32. The average Bonchev–Trinajstić information content (AvgIpc) is 2.87. The molecule has 5 nitrogen and oxygen atoms in total. The Kier molecular flexibility index (Phi) is 6.35. The minimum absolute atomic E-state index is 0.404. The Balaban J connectivity index is 1.63. The highest BCUT2D eigenvalue weighted by Crippen LogP contribution is 2.16. The summed E-state index contributed by atoms with van der Waals surface area (Å²) in [7, 11) is 4.06. The van der Waals surface area contributed by atoms with Gasteiger partial charge in [0.1, 0.15) is 17.3 Å². The molecule has 0 unspecified atom stereocenters. The summed E-state index contributed by atoms with van der Waals surface area (Å²) in [4.78, 5) is 2.09. The van der Waals surface area contributed by atoms with Crippen LogP contribution in [0.2, 0.25) is 5.15 Å². The summed E-state index contributed by atoms with van der Waals surface area (Å²) >= 11 is 7.49. The van der Waals surface area contributed by atoms with Gasteiger partial charge >= 0.3 is 0 Å². The normalized spacial score (nSPS) is 11.0. The van der Waals surface area contributed by atoms with E-state index in [-0.39, 0.29) is 0 Å². The topological polar surface area (TPSA) is 54.2 Å². The number of hydrogen-bond donors (Lipinski definition) is 1. The third kappa shape index (κ3) is 5.95. The lowest BCUT2D eigenvalue weighted by Gasteiger charge is -2.06. The molecular weight excluding hydrogens is 308 g/mol. The maximum Gasteiger partial charge on any atom is 0.151 e. The highest BCUT2D eigenvalue weighted by Gasteiger charge is 2.03. The Morgan fingerprint density at radius 1 is 1.19 bits per heavy atom. The van der Waals surface area contributed by atoms with Gasteiger partial charge < -0.3 is 14.6 Å². The minimum Gasteiger partial charge on any atom is -0.464 e. The van der Waals surface area contributed by atoms with Crippen LogP contribution >= 0.6 is 23.4 Å². The molecule has 0 saturated heterocycles. The number of nitrogens with zero attached hydrogens (tertiary/aromatic N) is 3. The summed E-state index contributed by atoms with van der Waals surface area (Å²) < 4.78 is 5.75. The zero-order valence-electron chi connectivity index (χ0n) is 12.2. The van der Waals surface area contributed by atoms with Crippen LogP contribution in [0.15, 0.2) is 28.7 Å². The highest BCUT2D eigenvalue weighted by molar-refractivity contribution is 7.98. The number of halogens is 1. The summed E-state index contributed by atoms with van der Waals surface area (Å²) in [5, 5.41) is 11.3.